The second-order valence-electron chi connectivity index (χ2n) is 15.8. The van der Waals surface area contributed by atoms with Crippen LogP contribution >= 0.6 is 0 Å². The van der Waals surface area contributed by atoms with Crippen LogP contribution < -0.4 is 16.0 Å². The van der Waals surface area contributed by atoms with Crippen molar-refractivity contribution in [1.82, 2.24) is 15.5 Å². The van der Waals surface area contributed by atoms with Crippen molar-refractivity contribution in [3.8, 4) is 0 Å². The monoisotopic (exact) mass is 726 g/mol. The second-order valence-corrected chi connectivity index (χ2v) is 15.8. The second kappa shape index (κ2) is 15.9. The number of ketones is 1. The molecule has 3 N–H and O–H groups in total. The largest absolute Gasteiger partial charge is 0.460 e. The van der Waals surface area contributed by atoms with E-state index < -0.39 is 64.9 Å². The summed E-state index contributed by atoms with van der Waals surface area (Å²) in [4.78, 5) is 83.5. The Hall–Kier alpha value is -5.00. The maximum Gasteiger partial charge on any atom is 0.410 e. The van der Waals surface area contributed by atoms with Crippen LogP contribution in [-0.2, 0) is 41.7 Å². The van der Waals surface area contributed by atoms with Crippen molar-refractivity contribution < 1.29 is 38.2 Å². The van der Waals surface area contributed by atoms with E-state index in [2.05, 4.69) is 16.0 Å². The van der Waals surface area contributed by atoms with Crippen LogP contribution in [0.5, 0.6) is 0 Å². The van der Waals surface area contributed by atoms with Gasteiger partial charge in [-0.2, -0.15) is 0 Å². The van der Waals surface area contributed by atoms with Gasteiger partial charge in [0.05, 0.1) is 12.3 Å². The Morgan fingerprint density at radius 1 is 0.906 bits per heavy atom. The Kier molecular flexibility index (Phi) is 11.3. The minimum Gasteiger partial charge on any atom is -0.460 e. The molecule has 53 heavy (non-hydrogen) atoms. The first-order valence-electron chi connectivity index (χ1n) is 18.8. The van der Waals surface area contributed by atoms with Gasteiger partial charge in [0.25, 0.3) is 5.91 Å². The summed E-state index contributed by atoms with van der Waals surface area (Å²) in [5.41, 5.74) is 0.438. The summed E-state index contributed by atoms with van der Waals surface area (Å²) in [6.45, 7) is 6.11. The quantitative estimate of drug-likeness (QED) is 0.243. The van der Waals surface area contributed by atoms with E-state index in [9.17, 15) is 28.8 Å². The van der Waals surface area contributed by atoms with E-state index in [1.807, 2.05) is 36.4 Å². The number of hydrogen-bond donors (Lipinski definition) is 3. The molecule has 282 valence electrons. The summed E-state index contributed by atoms with van der Waals surface area (Å²) in [7, 11) is 0. The Morgan fingerprint density at radius 3 is 2.28 bits per heavy atom. The van der Waals surface area contributed by atoms with Gasteiger partial charge in [0.2, 0.25) is 5.91 Å². The minimum atomic E-state index is -1.40. The number of esters is 1. The van der Waals surface area contributed by atoms with E-state index in [1.165, 1.54) is 0 Å². The number of benzene rings is 2. The number of allylic oxidation sites excluding steroid dienone is 1. The molecule has 2 aromatic carbocycles. The van der Waals surface area contributed by atoms with Crippen molar-refractivity contribution in [3.05, 3.63) is 77.9 Å². The van der Waals surface area contributed by atoms with E-state index in [-0.39, 0.29) is 37.4 Å². The van der Waals surface area contributed by atoms with Gasteiger partial charge in [0, 0.05) is 36.5 Å². The SMILES string of the molecule is CC(C)(C)OC(=O)C[C@H]1CCCCC/C=C\[C@@H]2C[C@@]2(C(=O)NC(=O)Nc2ccccc2)NC(=O)[C@@H]2C[C@@H](OC(=O)N3Cc4ccccc4C3)CC2C1=O. The van der Waals surface area contributed by atoms with Gasteiger partial charge in [-0.1, -0.05) is 67.5 Å². The van der Waals surface area contributed by atoms with Crippen LogP contribution in [0.25, 0.3) is 0 Å². The van der Waals surface area contributed by atoms with Gasteiger partial charge < -0.3 is 20.1 Å². The van der Waals surface area contributed by atoms with E-state index in [1.54, 1.807) is 56.0 Å². The summed E-state index contributed by atoms with van der Waals surface area (Å²) in [6.07, 6.45) is 6.52. The maximum atomic E-state index is 14.5. The van der Waals surface area contributed by atoms with Crippen molar-refractivity contribution in [2.24, 2.45) is 23.7 Å². The van der Waals surface area contributed by atoms with Crippen molar-refractivity contribution >= 4 is 41.4 Å². The highest BCUT2D eigenvalue weighted by Gasteiger charge is 2.61. The highest BCUT2D eigenvalue weighted by atomic mass is 16.6. The van der Waals surface area contributed by atoms with Gasteiger partial charge in [-0.3, -0.25) is 29.4 Å². The molecule has 5 amide bonds. The summed E-state index contributed by atoms with van der Waals surface area (Å²) in [5.74, 6) is -4.77. The molecule has 1 unspecified atom stereocenters. The Morgan fingerprint density at radius 2 is 1.58 bits per heavy atom. The molecule has 2 aliphatic heterocycles. The summed E-state index contributed by atoms with van der Waals surface area (Å²) < 4.78 is 11.6. The topological polar surface area (TPSA) is 160 Å². The normalized spacial score (nSPS) is 27.8. The average molecular weight is 727 g/mol. The predicted octanol–water partition coefficient (Wildman–Crippen LogP) is 6.19. The highest BCUT2D eigenvalue weighted by Crippen LogP contribution is 2.47. The number of anilines is 1. The first-order valence-corrected chi connectivity index (χ1v) is 18.8. The smallest absolute Gasteiger partial charge is 0.410 e. The van der Waals surface area contributed by atoms with Crippen molar-refractivity contribution in [2.45, 2.75) is 109 Å². The minimum absolute atomic E-state index is 0.0701. The number of amides is 5. The van der Waals surface area contributed by atoms with Crippen LogP contribution in [0.15, 0.2) is 66.7 Å². The lowest BCUT2D eigenvalue weighted by Gasteiger charge is -2.26. The zero-order valence-electron chi connectivity index (χ0n) is 30.7. The molecule has 6 atom stereocenters. The Balaban J connectivity index is 1.23. The van der Waals surface area contributed by atoms with E-state index in [4.69, 9.17) is 9.47 Å². The van der Waals surface area contributed by atoms with Crippen LogP contribution in [0, 0.1) is 23.7 Å². The lowest BCUT2D eigenvalue weighted by atomic mass is 9.81. The number of carbonyl (C=O) groups is 6. The fourth-order valence-corrected chi connectivity index (χ4v) is 7.89. The van der Waals surface area contributed by atoms with Gasteiger partial charge in [-0.15, -0.1) is 0 Å². The zero-order chi connectivity index (χ0) is 37.8. The van der Waals surface area contributed by atoms with Crippen LogP contribution in [0.4, 0.5) is 15.3 Å². The molecular weight excluding hydrogens is 676 g/mol. The lowest BCUT2D eigenvalue weighted by Crippen LogP contribution is -2.54. The first-order chi connectivity index (χ1) is 25.3. The first kappa shape index (κ1) is 37.7. The Bertz CT molecular complexity index is 1730. The number of ether oxygens (including phenoxy) is 2. The summed E-state index contributed by atoms with van der Waals surface area (Å²) in [5, 5.41) is 8.00. The molecule has 2 aliphatic carbocycles. The average Bonchev–Trinajstić information content (AvgIpc) is 3.41. The lowest BCUT2D eigenvalue weighted by molar-refractivity contribution is -0.157. The number of Topliss-reactive ketones (excluding diaryl/α,β-unsaturated/α-hetero) is 1. The number of carbonyl (C=O) groups excluding carboxylic acids is 6. The number of para-hydroxylation sites is 1. The third-order valence-corrected chi connectivity index (χ3v) is 10.6. The van der Waals surface area contributed by atoms with Crippen LogP contribution in [0.2, 0.25) is 0 Å². The summed E-state index contributed by atoms with van der Waals surface area (Å²) >= 11 is 0. The molecule has 12 heteroatoms. The number of hydrogen-bond acceptors (Lipinski definition) is 8. The number of fused-ring (bicyclic) bond motifs is 3. The molecule has 2 aromatic rings. The maximum absolute atomic E-state index is 14.5. The molecule has 0 spiro atoms. The van der Waals surface area contributed by atoms with Crippen LogP contribution in [0.1, 0.15) is 89.7 Å². The van der Waals surface area contributed by atoms with Gasteiger partial charge in [-0.05, 0) is 82.6 Å². The fourth-order valence-electron chi connectivity index (χ4n) is 7.89. The molecule has 2 heterocycles. The number of rotatable bonds is 5. The van der Waals surface area contributed by atoms with E-state index in [0.29, 0.717) is 31.6 Å². The molecule has 0 bridgehead atoms. The molecule has 4 aliphatic rings. The fraction of sp³-hybridized carbons (Fsp3) is 0.512. The zero-order valence-corrected chi connectivity index (χ0v) is 30.7. The van der Waals surface area contributed by atoms with Crippen molar-refractivity contribution in [3.63, 3.8) is 0 Å². The van der Waals surface area contributed by atoms with Crippen LogP contribution in [-0.4, -0.2) is 57.8 Å². The third-order valence-electron chi connectivity index (χ3n) is 10.6. The molecule has 2 saturated carbocycles. The highest BCUT2D eigenvalue weighted by molar-refractivity contribution is 6.07. The third kappa shape index (κ3) is 9.33. The molecule has 12 nitrogen and oxygen atoms in total. The van der Waals surface area contributed by atoms with E-state index in [0.717, 1.165) is 30.4 Å². The molecular formula is C41H50N4O8. The number of imide groups is 1. The summed E-state index contributed by atoms with van der Waals surface area (Å²) in [6, 6.07) is 15.7. The Labute approximate surface area is 310 Å². The van der Waals surface area contributed by atoms with E-state index >= 15 is 0 Å². The molecule has 0 saturated heterocycles. The molecule has 6 rings (SSSR count). The van der Waals surface area contributed by atoms with Crippen LogP contribution in [0.3, 0.4) is 0 Å². The molecule has 0 aromatic heterocycles. The number of urea groups is 1. The molecule has 2 fully saturated rings. The van der Waals surface area contributed by atoms with Gasteiger partial charge in [0.1, 0.15) is 23.0 Å². The number of nitrogens with one attached hydrogen (secondary N) is 3. The predicted molar refractivity (Wildman–Crippen MR) is 196 cm³/mol. The number of nitrogens with zero attached hydrogens (tertiary/aromatic N) is 1. The van der Waals surface area contributed by atoms with Crippen molar-refractivity contribution in [1.29, 1.82) is 0 Å². The van der Waals surface area contributed by atoms with Gasteiger partial charge >= 0.3 is 18.1 Å². The van der Waals surface area contributed by atoms with Crippen molar-refractivity contribution in [2.75, 3.05) is 5.32 Å². The molecule has 0 radical (unpaired) electrons. The standard InChI is InChI=1S/C41H50N4O8/c1-40(2,3)53-34(46)20-26-14-8-5-4-6-9-17-29-23-41(29,37(49)43-38(50)42-30-18-10-7-11-19-30)44-36(48)33-22-31(21-32(33)35(26)47)52-39(51)45-24-27-15-12-13-16-28(27)25-45/h7,9-13,15-19,26,29,31-33H,4-6,8,14,20-25H2,1-3H3,(H,44,48)(H2,42,43,49,50)/b17-9-/t26-,29-,31+,32?,33-,41-/m1/s1. The van der Waals surface area contributed by atoms with Gasteiger partial charge in [-0.25, -0.2) is 9.59 Å². The van der Waals surface area contributed by atoms with Gasteiger partial charge in [0.15, 0.2) is 0 Å².